The van der Waals surface area contributed by atoms with Gasteiger partial charge in [0.1, 0.15) is 17.5 Å². The number of nitrogens with zero attached hydrogens (tertiary/aromatic N) is 3. The van der Waals surface area contributed by atoms with Gasteiger partial charge in [-0.3, -0.25) is 0 Å². The summed E-state index contributed by atoms with van der Waals surface area (Å²) in [4.78, 5) is 9.47. The summed E-state index contributed by atoms with van der Waals surface area (Å²) >= 11 is 0. The van der Waals surface area contributed by atoms with Gasteiger partial charge in [0.2, 0.25) is 5.71 Å². The highest BCUT2D eigenvalue weighted by molar-refractivity contribution is 6.07. The molecule has 0 spiro atoms. The van der Waals surface area contributed by atoms with E-state index >= 15 is 0 Å². The molecule has 2 aromatic heterocycles. The molecular weight excluding hydrogens is 362 g/mol. The molecule has 0 unspecified atom stereocenters. The zero-order valence-electron chi connectivity index (χ0n) is 17.7. The first-order valence-corrected chi connectivity index (χ1v) is 9.91. The predicted octanol–water partition coefficient (Wildman–Crippen LogP) is 5.85. The van der Waals surface area contributed by atoms with Crippen LogP contribution in [0.5, 0.6) is 5.75 Å². The first-order chi connectivity index (χ1) is 13.9. The van der Waals surface area contributed by atoms with Crippen molar-refractivity contribution in [3.8, 4) is 5.75 Å². The second kappa shape index (κ2) is 6.14. The van der Waals surface area contributed by atoms with Crippen molar-refractivity contribution in [2.75, 3.05) is 24.0 Å². The van der Waals surface area contributed by atoms with Gasteiger partial charge in [0.05, 0.1) is 23.9 Å². The molecule has 0 saturated carbocycles. The summed E-state index contributed by atoms with van der Waals surface area (Å²) in [6, 6.07) is 12.8. The van der Waals surface area contributed by atoms with Gasteiger partial charge in [0.25, 0.3) is 0 Å². The third-order valence-corrected chi connectivity index (χ3v) is 6.13. The fraction of sp³-hybridized carbons (Fsp3) is 0.292. The van der Waals surface area contributed by atoms with E-state index in [9.17, 15) is 0 Å². The summed E-state index contributed by atoms with van der Waals surface area (Å²) in [5.41, 5.74) is 7.25. The number of aryl methyl sites for hydroxylation is 2. The Morgan fingerprint density at radius 3 is 2.59 bits per heavy atom. The second-order valence-corrected chi connectivity index (χ2v) is 7.96. The molecule has 2 aromatic carbocycles. The van der Waals surface area contributed by atoms with Crippen LogP contribution in [-0.4, -0.2) is 25.3 Å². The Hall–Kier alpha value is -3.21. The van der Waals surface area contributed by atoms with E-state index in [0.717, 1.165) is 50.4 Å². The van der Waals surface area contributed by atoms with Crippen LogP contribution in [0.3, 0.4) is 0 Å². The van der Waals surface area contributed by atoms with Crippen LogP contribution in [0.15, 0.2) is 40.8 Å². The number of ether oxygens (including phenoxy) is 1. The van der Waals surface area contributed by atoms with Gasteiger partial charge in [0.15, 0.2) is 5.82 Å². The van der Waals surface area contributed by atoms with E-state index in [1.807, 2.05) is 0 Å². The first-order valence-electron chi connectivity index (χ1n) is 9.91. The molecule has 0 fully saturated rings. The minimum absolute atomic E-state index is 0.127. The molecule has 5 heteroatoms. The van der Waals surface area contributed by atoms with Crippen LogP contribution in [0.1, 0.15) is 23.6 Å². The van der Waals surface area contributed by atoms with Crippen molar-refractivity contribution < 1.29 is 9.15 Å². The van der Waals surface area contributed by atoms with Gasteiger partial charge in [-0.05, 0) is 57.0 Å². The van der Waals surface area contributed by atoms with E-state index in [1.54, 1.807) is 7.11 Å². The molecule has 0 aliphatic carbocycles. The van der Waals surface area contributed by atoms with E-state index in [-0.39, 0.29) is 6.17 Å². The number of rotatable bonds is 2. The number of hydrogen-bond donors (Lipinski definition) is 0. The number of hydrogen-bond acceptors (Lipinski definition) is 5. The standard InChI is InChI=1S/C24H25N3O2/c1-13-10-19(15(3)21(11-13)28-6)27-16(4)26(5)23-20(27)12-18-17-9-7-8-14(2)22(17)29-24(18)25-23/h7-12,16H,1-6H3/t16-/m0/s1. The van der Waals surface area contributed by atoms with Crippen LogP contribution in [0.4, 0.5) is 17.2 Å². The van der Waals surface area contributed by atoms with Crippen LogP contribution in [0.2, 0.25) is 0 Å². The SMILES string of the molecule is COc1cc(C)cc(N2c3cc4c(nc3N(C)[C@@H]2C)oc2c(C)cccc24)c1C. The zero-order valence-corrected chi connectivity index (χ0v) is 17.7. The van der Waals surface area contributed by atoms with E-state index in [1.165, 1.54) is 5.56 Å². The fourth-order valence-electron chi connectivity index (χ4n) is 4.43. The maximum Gasteiger partial charge on any atom is 0.229 e. The van der Waals surface area contributed by atoms with Gasteiger partial charge in [-0.15, -0.1) is 0 Å². The average molecular weight is 387 g/mol. The number of benzene rings is 2. The van der Waals surface area contributed by atoms with E-state index < -0.39 is 0 Å². The third kappa shape index (κ3) is 2.43. The topological polar surface area (TPSA) is 41.7 Å². The molecule has 1 atom stereocenters. The van der Waals surface area contributed by atoms with E-state index in [4.69, 9.17) is 14.1 Å². The molecule has 5 rings (SSSR count). The lowest BCUT2D eigenvalue weighted by Gasteiger charge is -2.29. The molecule has 3 heterocycles. The summed E-state index contributed by atoms with van der Waals surface area (Å²) < 4.78 is 11.8. The Bertz CT molecular complexity index is 1270. The zero-order chi connectivity index (χ0) is 20.4. The maximum absolute atomic E-state index is 6.14. The van der Waals surface area contributed by atoms with Gasteiger partial charge in [-0.25, -0.2) is 0 Å². The van der Waals surface area contributed by atoms with Crippen molar-refractivity contribution in [1.29, 1.82) is 0 Å². The van der Waals surface area contributed by atoms with Crippen LogP contribution in [0, 0.1) is 20.8 Å². The molecule has 4 aromatic rings. The number of para-hydroxylation sites is 1. The molecule has 148 valence electrons. The molecule has 1 aliphatic rings. The minimum Gasteiger partial charge on any atom is -0.496 e. The molecular formula is C24H25N3O2. The summed E-state index contributed by atoms with van der Waals surface area (Å²) in [5.74, 6) is 1.84. The Morgan fingerprint density at radius 2 is 1.83 bits per heavy atom. The van der Waals surface area contributed by atoms with Crippen molar-refractivity contribution in [3.63, 3.8) is 0 Å². The number of furan rings is 1. The van der Waals surface area contributed by atoms with Crippen LogP contribution in [-0.2, 0) is 0 Å². The third-order valence-electron chi connectivity index (χ3n) is 6.13. The lowest BCUT2D eigenvalue weighted by Crippen LogP contribution is -2.36. The smallest absolute Gasteiger partial charge is 0.229 e. The van der Waals surface area contributed by atoms with Gasteiger partial charge >= 0.3 is 0 Å². The van der Waals surface area contributed by atoms with Crippen LogP contribution < -0.4 is 14.5 Å². The molecule has 0 radical (unpaired) electrons. The number of methoxy groups -OCH3 is 1. The fourth-order valence-corrected chi connectivity index (χ4v) is 4.43. The predicted molar refractivity (Wildman–Crippen MR) is 119 cm³/mol. The average Bonchev–Trinajstić information content (AvgIpc) is 3.18. The summed E-state index contributed by atoms with van der Waals surface area (Å²) in [6.45, 7) is 8.48. The second-order valence-electron chi connectivity index (χ2n) is 7.96. The van der Waals surface area contributed by atoms with Gasteiger partial charge in [-0.1, -0.05) is 18.2 Å². The van der Waals surface area contributed by atoms with Crippen LogP contribution in [0.25, 0.3) is 22.1 Å². The number of aromatic nitrogens is 1. The summed E-state index contributed by atoms with van der Waals surface area (Å²) in [5, 5.41) is 2.16. The highest BCUT2D eigenvalue weighted by Gasteiger charge is 2.35. The Balaban J connectivity index is 1.79. The van der Waals surface area contributed by atoms with E-state index in [2.05, 4.69) is 80.9 Å². The lowest BCUT2D eigenvalue weighted by atomic mass is 10.1. The van der Waals surface area contributed by atoms with Crippen molar-refractivity contribution >= 4 is 39.3 Å². The Kier molecular flexibility index (Phi) is 3.78. The van der Waals surface area contributed by atoms with Crippen molar-refractivity contribution in [2.45, 2.75) is 33.9 Å². The lowest BCUT2D eigenvalue weighted by molar-refractivity contribution is 0.411. The van der Waals surface area contributed by atoms with Gasteiger partial charge in [0, 0.05) is 18.0 Å². The summed E-state index contributed by atoms with van der Waals surface area (Å²) in [6.07, 6.45) is 0.127. The highest BCUT2D eigenvalue weighted by Crippen LogP contribution is 2.47. The maximum atomic E-state index is 6.14. The van der Waals surface area contributed by atoms with Crippen molar-refractivity contribution in [1.82, 2.24) is 4.98 Å². The molecule has 0 amide bonds. The quantitative estimate of drug-likeness (QED) is 0.432. The normalized spacial score (nSPS) is 16.1. The highest BCUT2D eigenvalue weighted by atomic mass is 16.5. The number of pyridine rings is 1. The molecule has 5 nitrogen and oxygen atoms in total. The van der Waals surface area contributed by atoms with E-state index in [0.29, 0.717) is 5.71 Å². The minimum atomic E-state index is 0.127. The van der Waals surface area contributed by atoms with Gasteiger partial charge in [-0.2, -0.15) is 4.98 Å². The molecule has 29 heavy (non-hydrogen) atoms. The molecule has 0 N–H and O–H groups in total. The number of anilines is 3. The van der Waals surface area contributed by atoms with Crippen molar-refractivity contribution in [3.05, 3.63) is 53.1 Å². The van der Waals surface area contributed by atoms with Crippen molar-refractivity contribution in [2.24, 2.45) is 0 Å². The van der Waals surface area contributed by atoms with Crippen LogP contribution >= 0.6 is 0 Å². The Labute approximate surface area is 170 Å². The first kappa shape index (κ1) is 17.9. The largest absolute Gasteiger partial charge is 0.496 e. The number of fused-ring (bicyclic) bond motifs is 4. The molecule has 1 aliphatic heterocycles. The molecule has 0 saturated heterocycles. The summed E-state index contributed by atoms with van der Waals surface area (Å²) in [7, 11) is 3.81. The Morgan fingerprint density at radius 1 is 1.03 bits per heavy atom. The monoisotopic (exact) mass is 387 g/mol. The molecule has 0 bridgehead atoms. The van der Waals surface area contributed by atoms with Gasteiger partial charge < -0.3 is 19.0 Å².